The minimum Gasteiger partial charge on any atom is -0.497 e. The van der Waals surface area contributed by atoms with Gasteiger partial charge in [0.2, 0.25) is 5.91 Å². The lowest BCUT2D eigenvalue weighted by Gasteiger charge is -2.29. The van der Waals surface area contributed by atoms with Gasteiger partial charge in [0, 0.05) is 5.69 Å². The molecule has 0 aromatic heterocycles. The Kier molecular flexibility index (Phi) is 5.90. The third-order valence-corrected chi connectivity index (χ3v) is 7.30. The van der Waals surface area contributed by atoms with Gasteiger partial charge in [-0.05, 0) is 42.8 Å². The van der Waals surface area contributed by atoms with E-state index in [2.05, 4.69) is 0 Å². The Bertz CT molecular complexity index is 1210. The van der Waals surface area contributed by atoms with Crippen LogP contribution in [0.3, 0.4) is 0 Å². The van der Waals surface area contributed by atoms with Crippen LogP contribution in [0.2, 0.25) is 0 Å². The number of hydrogen-bond donors (Lipinski definition) is 0. The monoisotopic (exact) mass is 471 g/mol. The molecule has 0 bridgehead atoms. The Morgan fingerprint density at radius 3 is 2.27 bits per heavy atom. The van der Waals surface area contributed by atoms with E-state index in [1.165, 1.54) is 36.3 Å². The first kappa shape index (κ1) is 22.5. The topological polar surface area (TPSA) is 121 Å². The molecule has 4 rings (SSSR count). The molecule has 2 heterocycles. The van der Waals surface area contributed by atoms with Gasteiger partial charge in [-0.1, -0.05) is 18.2 Å². The zero-order valence-corrected chi connectivity index (χ0v) is 18.5. The summed E-state index contributed by atoms with van der Waals surface area (Å²) in [4.78, 5) is 53.8. The number of urea groups is 1. The molecule has 2 aromatic carbocycles. The van der Waals surface area contributed by atoms with Crippen LogP contribution in [0.1, 0.15) is 6.42 Å². The average molecular weight is 471 g/mol. The Morgan fingerprint density at radius 2 is 1.70 bits per heavy atom. The second-order valence-electron chi connectivity index (χ2n) is 7.67. The molecule has 1 atom stereocenters. The summed E-state index contributed by atoms with van der Waals surface area (Å²) in [6.07, 6.45) is 0.238. The summed E-state index contributed by atoms with van der Waals surface area (Å²) in [7, 11) is -1.84. The molecule has 5 amide bonds. The molecular formula is C22H21N3O7S. The second kappa shape index (κ2) is 8.66. The minimum atomic E-state index is -3.30. The van der Waals surface area contributed by atoms with Gasteiger partial charge in [-0.3, -0.25) is 14.4 Å². The summed E-state index contributed by atoms with van der Waals surface area (Å²) in [6.45, 7) is -0.693. The molecule has 10 nitrogen and oxygen atoms in total. The molecule has 2 aliphatic heterocycles. The maximum absolute atomic E-state index is 13.3. The van der Waals surface area contributed by atoms with E-state index in [1.54, 1.807) is 30.3 Å². The highest BCUT2D eigenvalue weighted by Crippen LogP contribution is 2.27. The first-order chi connectivity index (χ1) is 15.7. The fraction of sp³-hybridized carbons (Fsp3) is 0.273. The van der Waals surface area contributed by atoms with Gasteiger partial charge >= 0.3 is 17.8 Å². The third kappa shape index (κ3) is 4.31. The molecule has 0 N–H and O–H groups in total. The lowest BCUT2D eigenvalue weighted by Crippen LogP contribution is -2.48. The van der Waals surface area contributed by atoms with E-state index in [9.17, 15) is 27.6 Å². The van der Waals surface area contributed by atoms with Gasteiger partial charge in [0.25, 0.3) is 0 Å². The summed E-state index contributed by atoms with van der Waals surface area (Å²) >= 11 is 0. The number of methoxy groups -OCH3 is 1. The first-order valence-corrected chi connectivity index (χ1v) is 12.0. The predicted octanol–water partition coefficient (Wildman–Crippen LogP) is 1.21. The summed E-state index contributed by atoms with van der Waals surface area (Å²) < 4.78 is 29.1. The number of nitrogens with zero attached hydrogens (tertiary/aromatic N) is 3. The number of sulfone groups is 1. The quantitative estimate of drug-likeness (QED) is 0.459. The Hall–Kier alpha value is -3.73. The number of imide groups is 2. The van der Waals surface area contributed by atoms with E-state index in [4.69, 9.17) is 4.74 Å². The summed E-state index contributed by atoms with van der Waals surface area (Å²) in [5, 5.41) is 0. The maximum atomic E-state index is 13.3. The fourth-order valence-corrected chi connectivity index (χ4v) is 5.64. The number of rotatable bonds is 6. The van der Waals surface area contributed by atoms with Crippen LogP contribution in [-0.4, -0.2) is 68.3 Å². The van der Waals surface area contributed by atoms with E-state index in [0.29, 0.717) is 21.2 Å². The molecule has 0 spiro atoms. The average Bonchev–Trinajstić information content (AvgIpc) is 3.26. The van der Waals surface area contributed by atoms with Crippen molar-refractivity contribution in [2.24, 2.45) is 0 Å². The van der Waals surface area contributed by atoms with Gasteiger partial charge in [-0.25, -0.2) is 23.0 Å². The van der Waals surface area contributed by atoms with E-state index in [0.717, 1.165) is 0 Å². The van der Waals surface area contributed by atoms with Crippen LogP contribution >= 0.6 is 0 Å². The van der Waals surface area contributed by atoms with Crippen LogP contribution in [0.25, 0.3) is 0 Å². The van der Waals surface area contributed by atoms with Crippen LogP contribution in [0.15, 0.2) is 54.6 Å². The number of amides is 5. The Balaban J connectivity index is 1.59. The van der Waals surface area contributed by atoms with Gasteiger partial charge in [-0.15, -0.1) is 0 Å². The van der Waals surface area contributed by atoms with Gasteiger partial charge in [0.15, 0.2) is 9.84 Å². The van der Waals surface area contributed by atoms with Gasteiger partial charge in [0.05, 0.1) is 30.3 Å². The van der Waals surface area contributed by atoms with E-state index in [-0.39, 0.29) is 23.6 Å². The fourth-order valence-electron chi connectivity index (χ4n) is 3.94. The molecule has 2 aliphatic rings. The van der Waals surface area contributed by atoms with Gasteiger partial charge in [-0.2, -0.15) is 0 Å². The zero-order valence-electron chi connectivity index (χ0n) is 17.7. The second-order valence-corrected chi connectivity index (χ2v) is 9.90. The van der Waals surface area contributed by atoms with Crippen molar-refractivity contribution in [2.75, 3.05) is 35.0 Å². The molecular weight excluding hydrogens is 450 g/mol. The number of carbonyl (C=O) groups excluding carboxylic acids is 4. The van der Waals surface area contributed by atoms with Crippen LogP contribution in [0.5, 0.6) is 5.75 Å². The van der Waals surface area contributed by atoms with Crippen molar-refractivity contribution in [3.05, 3.63) is 54.6 Å². The number of hydrogen-bond acceptors (Lipinski definition) is 7. The van der Waals surface area contributed by atoms with E-state index >= 15 is 0 Å². The van der Waals surface area contributed by atoms with Crippen LogP contribution in [0.4, 0.5) is 16.2 Å². The summed E-state index contributed by atoms with van der Waals surface area (Å²) in [5.74, 6) is -2.63. The zero-order chi connectivity index (χ0) is 23.8. The van der Waals surface area contributed by atoms with Crippen molar-refractivity contribution in [2.45, 2.75) is 12.5 Å². The van der Waals surface area contributed by atoms with Crippen LogP contribution in [0, 0.1) is 0 Å². The number of para-hydroxylation sites is 1. The highest BCUT2D eigenvalue weighted by Gasteiger charge is 2.47. The van der Waals surface area contributed by atoms with Crippen molar-refractivity contribution < 1.29 is 32.3 Å². The largest absolute Gasteiger partial charge is 0.497 e. The number of carbonyl (C=O) groups is 4. The van der Waals surface area contributed by atoms with Crippen LogP contribution in [-0.2, 0) is 24.2 Å². The molecule has 11 heteroatoms. The van der Waals surface area contributed by atoms with Crippen molar-refractivity contribution in [3.63, 3.8) is 0 Å². The van der Waals surface area contributed by atoms with Crippen molar-refractivity contribution in [1.82, 2.24) is 4.90 Å². The molecule has 2 aromatic rings. The maximum Gasteiger partial charge on any atom is 0.339 e. The molecule has 0 radical (unpaired) electrons. The van der Waals surface area contributed by atoms with Crippen molar-refractivity contribution in [1.29, 1.82) is 0 Å². The molecule has 0 saturated carbocycles. The highest BCUT2D eigenvalue weighted by molar-refractivity contribution is 7.91. The third-order valence-electron chi connectivity index (χ3n) is 5.55. The molecule has 2 saturated heterocycles. The number of benzene rings is 2. The van der Waals surface area contributed by atoms with Crippen LogP contribution < -0.4 is 14.5 Å². The molecule has 0 aliphatic carbocycles. The molecule has 2 fully saturated rings. The van der Waals surface area contributed by atoms with Gasteiger partial charge in [0.1, 0.15) is 12.3 Å². The normalized spacial score (nSPS) is 19.8. The number of ether oxygens (including phenoxy) is 1. The first-order valence-electron chi connectivity index (χ1n) is 10.1. The van der Waals surface area contributed by atoms with E-state index in [1.807, 2.05) is 0 Å². The molecule has 0 unspecified atom stereocenters. The summed E-state index contributed by atoms with van der Waals surface area (Å²) in [6, 6.07) is 12.8. The SMILES string of the molecule is COc1ccc(N2C(=O)C(=O)N(CC(=O)N(c3ccccc3)[C@H]3CCS(=O)(=O)C3)C2=O)cc1. The highest BCUT2D eigenvalue weighted by atomic mass is 32.2. The smallest absolute Gasteiger partial charge is 0.339 e. The lowest BCUT2D eigenvalue weighted by molar-refractivity contribution is -0.140. The predicted molar refractivity (Wildman–Crippen MR) is 119 cm³/mol. The van der Waals surface area contributed by atoms with Crippen molar-refractivity contribution >= 4 is 45.0 Å². The Morgan fingerprint density at radius 1 is 1.03 bits per heavy atom. The lowest BCUT2D eigenvalue weighted by atomic mass is 10.1. The van der Waals surface area contributed by atoms with Crippen molar-refractivity contribution in [3.8, 4) is 5.75 Å². The molecule has 33 heavy (non-hydrogen) atoms. The number of anilines is 2. The molecule has 172 valence electrons. The Labute approximate surface area is 190 Å². The minimum absolute atomic E-state index is 0.0560. The standard InChI is InChI=1S/C22H21N3O7S/c1-32-18-9-7-16(8-10-18)25-21(28)20(27)23(22(25)29)13-19(26)24(15-5-3-2-4-6-15)17-11-12-33(30,31)14-17/h2-10,17H,11-14H2,1H3/t17-/m0/s1. The van der Waals surface area contributed by atoms with E-state index < -0.39 is 46.2 Å². The van der Waals surface area contributed by atoms with Gasteiger partial charge < -0.3 is 9.64 Å². The summed E-state index contributed by atoms with van der Waals surface area (Å²) in [5.41, 5.74) is 0.609.